The first-order valence-corrected chi connectivity index (χ1v) is 10.6. The average molecular weight is 408 g/mol. The Morgan fingerprint density at radius 3 is 2.34 bits per heavy atom. The van der Waals surface area contributed by atoms with Gasteiger partial charge < -0.3 is 9.72 Å². The van der Waals surface area contributed by atoms with E-state index in [1.807, 2.05) is 55.5 Å². The minimum atomic E-state index is -3.78. The van der Waals surface area contributed by atoms with Crippen molar-refractivity contribution in [2.45, 2.75) is 11.8 Å². The lowest BCUT2D eigenvalue weighted by molar-refractivity contribution is 0.221. The van der Waals surface area contributed by atoms with Gasteiger partial charge in [-0.3, -0.25) is 4.18 Å². The molecule has 0 bridgehead atoms. The highest BCUT2D eigenvalue weighted by Gasteiger charge is 2.14. The third-order valence-corrected chi connectivity index (χ3v) is 5.74. The maximum atomic E-state index is 12.1. The van der Waals surface area contributed by atoms with Crippen molar-refractivity contribution >= 4 is 21.2 Å². The van der Waals surface area contributed by atoms with Crippen LogP contribution in [0, 0.1) is 6.92 Å². The van der Waals surface area contributed by atoms with Crippen molar-refractivity contribution in [1.82, 2.24) is 9.97 Å². The number of H-pyrrole nitrogens is 1. The molecule has 0 aliphatic carbocycles. The molecule has 0 spiro atoms. The molecule has 0 atom stereocenters. The molecule has 0 aliphatic rings. The van der Waals surface area contributed by atoms with Crippen LogP contribution in [0.1, 0.15) is 5.56 Å². The largest absolute Gasteiger partial charge is 0.491 e. The predicted octanol–water partition coefficient (Wildman–Crippen LogP) is 4.32. The quantitative estimate of drug-likeness (QED) is 0.364. The van der Waals surface area contributed by atoms with E-state index in [0.717, 1.165) is 28.0 Å². The smallest absolute Gasteiger partial charge is 0.297 e. The molecule has 4 rings (SSSR count). The number of nitrogens with one attached hydrogen (secondary N) is 1. The molecule has 1 aromatic heterocycles. The van der Waals surface area contributed by atoms with Crippen LogP contribution in [0.2, 0.25) is 0 Å². The molecule has 0 fully saturated rings. The van der Waals surface area contributed by atoms with Crippen LogP contribution in [-0.2, 0) is 14.3 Å². The second-order valence-corrected chi connectivity index (χ2v) is 8.18. The molecule has 4 aromatic rings. The monoisotopic (exact) mass is 408 g/mol. The van der Waals surface area contributed by atoms with Gasteiger partial charge in [0.15, 0.2) is 0 Å². The molecule has 7 heteroatoms. The molecule has 1 heterocycles. The average Bonchev–Trinajstić information content (AvgIpc) is 3.16. The summed E-state index contributed by atoms with van der Waals surface area (Å²) in [6, 6.07) is 21.8. The zero-order chi connectivity index (χ0) is 20.3. The number of nitrogens with zero attached hydrogens (tertiary/aromatic N) is 1. The Balaban J connectivity index is 1.33. The number of fused-ring (bicyclic) bond motifs is 1. The SMILES string of the molecule is Cc1ccc(S(=O)(=O)OCCOc2ccc(-c3nc4ccccc4[nH]3)cc2)cc1. The molecule has 29 heavy (non-hydrogen) atoms. The first-order valence-electron chi connectivity index (χ1n) is 9.15. The lowest BCUT2D eigenvalue weighted by Crippen LogP contribution is -2.13. The van der Waals surface area contributed by atoms with Crippen molar-refractivity contribution < 1.29 is 17.3 Å². The standard InChI is InChI=1S/C22H20N2O4S/c1-16-6-12-19(13-7-16)29(25,26)28-15-14-27-18-10-8-17(9-11-18)22-23-20-4-2-3-5-21(20)24-22/h2-13H,14-15H2,1H3,(H,23,24). The van der Waals surface area contributed by atoms with Crippen molar-refractivity contribution in [2.24, 2.45) is 0 Å². The Morgan fingerprint density at radius 2 is 1.62 bits per heavy atom. The highest BCUT2D eigenvalue weighted by molar-refractivity contribution is 7.86. The summed E-state index contributed by atoms with van der Waals surface area (Å²) >= 11 is 0. The van der Waals surface area contributed by atoms with E-state index in [0.29, 0.717) is 5.75 Å². The fraction of sp³-hybridized carbons (Fsp3) is 0.136. The number of aromatic nitrogens is 2. The summed E-state index contributed by atoms with van der Waals surface area (Å²) < 4.78 is 34.9. The van der Waals surface area contributed by atoms with Gasteiger partial charge in [0.2, 0.25) is 0 Å². The number of ether oxygens (including phenoxy) is 1. The van der Waals surface area contributed by atoms with Gasteiger partial charge in [0.05, 0.1) is 15.9 Å². The second-order valence-electron chi connectivity index (χ2n) is 6.56. The third kappa shape index (κ3) is 4.47. The second kappa shape index (κ2) is 8.06. The number of hydrogen-bond donors (Lipinski definition) is 1. The number of aromatic amines is 1. The van der Waals surface area contributed by atoms with Gasteiger partial charge >= 0.3 is 0 Å². The van der Waals surface area contributed by atoms with Crippen molar-refractivity contribution in [3.8, 4) is 17.1 Å². The van der Waals surface area contributed by atoms with Crippen LogP contribution in [0.3, 0.4) is 0 Å². The molecule has 6 nitrogen and oxygen atoms in total. The van der Waals surface area contributed by atoms with E-state index in [4.69, 9.17) is 8.92 Å². The highest BCUT2D eigenvalue weighted by Crippen LogP contribution is 2.23. The molecular formula is C22H20N2O4S. The fourth-order valence-electron chi connectivity index (χ4n) is 2.87. The van der Waals surface area contributed by atoms with E-state index in [1.54, 1.807) is 12.1 Å². The highest BCUT2D eigenvalue weighted by atomic mass is 32.2. The number of hydrogen-bond acceptors (Lipinski definition) is 5. The van der Waals surface area contributed by atoms with Crippen molar-refractivity contribution in [3.63, 3.8) is 0 Å². The summed E-state index contributed by atoms with van der Waals surface area (Å²) in [5.41, 5.74) is 3.81. The lowest BCUT2D eigenvalue weighted by Gasteiger charge is -2.08. The Kier molecular flexibility index (Phi) is 5.33. The van der Waals surface area contributed by atoms with Crippen LogP contribution >= 0.6 is 0 Å². The van der Waals surface area contributed by atoms with Crippen molar-refractivity contribution in [2.75, 3.05) is 13.2 Å². The predicted molar refractivity (Wildman–Crippen MR) is 111 cm³/mol. The Bertz CT molecular complexity index is 1180. The van der Waals surface area contributed by atoms with Crippen LogP contribution in [0.5, 0.6) is 5.75 Å². The van der Waals surface area contributed by atoms with Crippen LogP contribution in [0.4, 0.5) is 0 Å². The number of para-hydroxylation sites is 2. The van der Waals surface area contributed by atoms with Gasteiger partial charge in [-0.2, -0.15) is 8.42 Å². The van der Waals surface area contributed by atoms with Crippen molar-refractivity contribution in [3.05, 3.63) is 78.4 Å². The van der Waals surface area contributed by atoms with Crippen molar-refractivity contribution in [1.29, 1.82) is 0 Å². The molecule has 0 unspecified atom stereocenters. The van der Waals surface area contributed by atoms with Gasteiger partial charge in [0, 0.05) is 5.56 Å². The van der Waals surface area contributed by atoms with Gasteiger partial charge in [-0.25, -0.2) is 4.98 Å². The minimum Gasteiger partial charge on any atom is -0.491 e. The van der Waals surface area contributed by atoms with Gasteiger partial charge in [-0.05, 0) is 55.5 Å². The number of rotatable bonds is 7. The molecule has 0 amide bonds. The molecule has 0 radical (unpaired) electrons. The van der Waals surface area contributed by atoms with E-state index >= 15 is 0 Å². The Morgan fingerprint density at radius 1 is 0.897 bits per heavy atom. The first kappa shape index (κ1) is 19.2. The zero-order valence-corrected chi connectivity index (χ0v) is 16.6. The van der Waals surface area contributed by atoms with Crippen LogP contribution < -0.4 is 4.74 Å². The van der Waals surface area contributed by atoms with Crippen LogP contribution in [-0.4, -0.2) is 31.6 Å². The topological polar surface area (TPSA) is 81.3 Å². The number of imidazole rings is 1. The van der Waals surface area contributed by atoms with Crippen LogP contribution in [0.25, 0.3) is 22.4 Å². The zero-order valence-electron chi connectivity index (χ0n) is 15.8. The maximum Gasteiger partial charge on any atom is 0.297 e. The molecule has 148 valence electrons. The molecule has 0 saturated carbocycles. The summed E-state index contributed by atoms with van der Waals surface area (Å²) in [7, 11) is -3.78. The van der Waals surface area contributed by atoms with E-state index in [9.17, 15) is 8.42 Å². The van der Waals surface area contributed by atoms with E-state index in [-0.39, 0.29) is 18.1 Å². The normalized spacial score (nSPS) is 11.6. The summed E-state index contributed by atoms with van der Waals surface area (Å²) in [6.07, 6.45) is 0. The summed E-state index contributed by atoms with van der Waals surface area (Å²) in [5.74, 6) is 1.41. The summed E-state index contributed by atoms with van der Waals surface area (Å²) in [5, 5.41) is 0. The lowest BCUT2D eigenvalue weighted by atomic mass is 10.2. The third-order valence-electron chi connectivity index (χ3n) is 4.42. The Labute approximate surface area is 169 Å². The summed E-state index contributed by atoms with van der Waals surface area (Å²) in [4.78, 5) is 7.98. The van der Waals surface area contributed by atoms with Gasteiger partial charge in [-0.1, -0.05) is 29.8 Å². The molecular weight excluding hydrogens is 388 g/mol. The van der Waals surface area contributed by atoms with E-state index in [2.05, 4.69) is 9.97 Å². The van der Waals surface area contributed by atoms with Gasteiger partial charge in [-0.15, -0.1) is 0 Å². The first-order chi connectivity index (χ1) is 14.0. The number of benzene rings is 3. The maximum absolute atomic E-state index is 12.1. The molecule has 3 aromatic carbocycles. The minimum absolute atomic E-state index is 0.0679. The fourth-order valence-corrected chi connectivity index (χ4v) is 3.77. The van der Waals surface area contributed by atoms with Gasteiger partial charge in [0.1, 0.15) is 24.8 Å². The van der Waals surface area contributed by atoms with Gasteiger partial charge in [0.25, 0.3) is 10.1 Å². The van der Waals surface area contributed by atoms with E-state index < -0.39 is 10.1 Å². The number of aryl methyl sites for hydroxylation is 1. The summed E-state index contributed by atoms with van der Waals surface area (Å²) in [6.45, 7) is 1.95. The van der Waals surface area contributed by atoms with E-state index in [1.165, 1.54) is 12.1 Å². The Hall–Kier alpha value is -3.16. The molecule has 1 N–H and O–H groups in total. The van der Waals surface area contributed by atoms with Crippen LogP contribution in [0.15, 0.2) is 77.7 Å². The molecule has 0 saturated heterocycles. The molecule has 0 aliphatic heterocycles.